The number of nitrogens with one attached hydrogen (secondary N) is 2. The summed E-state index contributed by atoms with van der Waals surface area (Å²) in [6.07, 6.45) is 0.569. The van der Waals surface area contributed by atoms with Crippen LogP contribution in [-0.2, 0) is 36.8 Å². The Morgan fingerprint density at radius 1 is 0.872 bits per heavy atom. The zero-order valence-corrected chi connectivity index (χ0v) is 21.2. The molecule has 2 rings (SSSR count). The van der Waals surface area contributed by atoms with Crippen molar-refractivity contribution in [1.82, 2.24) is 10.2 Å². The summed E-state index contributed by atoms with van der Waals surface area (Å²) in [6, 6.07) is 12.1. The van der Waals surface area contributed by atoms with Gasteiger partial charge in [0, 0.05) is 18.4 Å². The maximum Gasteiger partial charge on any atom is 0.326 e. The van der Waals surface area contributed by atoms with Crippen molar-refractivity contribution in [3.63, 3.8) is 0 Å². The van der Waals surface area contributed by atoms with Crippen LogP contribution in [0.1, 0.15) is 42.4 Å². The smallest absolute Gasteiger partial charge is 0.326 e. The van der Waals surface area contributed by atoms with Crippen molar-refractivity contribution in [2.24, 2.45) is 5.73 Å². The summed E-state index contributed by atoms with van der Waals surface area (Å²) in [5.41, 5.74) is 7.53. The van der Waals surface area contributed by atoms with Crippen molar-refractivity contribution < 1.29 is 39.3 Å². The zero-order valence-electron chi connectivity index (χ0n) is 21.2. The number of nitrogens with zero attached hydrogens (tertiary/aromatic N) is 1. The van der Waals surface area contributed by atoms with Crippen LogP contribution < -0.4 is 11.1 Å². The number of hydrogen-bond donors (Lipinski definition) is 6. The average molecular weight is 541 g/mol. The number of hydrogen-bond acceptors (Lipinski definition) is 6. The number of benzene rings is 2. The Balaban J connectivity index is 2.07. The fourth-order valence-electron chi connectivity index (χ4n) is 3.96. The lowest BCUT2D eigenvalue weighted by molar-refractivity contribution is -0.156. The maximum atomic E-state index is 13.3. The molecule has 0 bridgehead atoms. The summed E-state index contributed by atoms with van der Waals surface area (Å²) in [5.74, 6) is -6.15. The van der Waals surface area contributed by atoms with E-state index in [1.807, 2.05) is 12.1 Å². The van der Waals surface area contributed by atoms with E-state index in [2.05, 4.69) is 5.32 Å². The molecule has 0 aliphatic carbocycles. The van der Waals surface area contributed by atoms with Gasteiger partial charge in [-0.3, -0.25) is 24.6 Å². The fraction of sp³-hybridized carbons (Fsp3) is 0.333. The van der Waals surface area contributed by atoms with Crippen LogP contribution in [0.25, 0.3) is 0 Å². The van der Waals surface area contributed by atoms with Crippen LogP contribution in [0, 0.1) is 5.41 Å². The molecule has 12 heteroatoms. The van der Waals surface area contributed by atoms with Crippen molar-refractivity contribution in [3.05, 3.63) is 71.3 Å². The van der Waals surface area contributed by atoms with Gasteiger partial charge in [-0.2, -0.15) is 0 Å². The molecule has 0 saturated heterocycles. The van der Waals surface area contributed by atoms with Crippen LogP contribution in [0.2, 0.25) is 0 Å². The Kier molecular flexibility index (Phi) is 11.6. The standard InChI is InChI=1S/C27H32N4O8/c28-25(29)19-12-10-17(11-13-19)6-4-5-9-22(32)30-20(15-23(33)34)26(37)31(16-24(35)36)21(27(38)39)14-18-7-2-1-3-8-18/h1-3,7-8,10-13,20-21H,4-6,9,14-16H2,(H3,28,29)(H,30,32)(H,33,34)(H,35,36)(H,38,39)/t20-,21-/m0/s1. The normalized spacial score (nSPS) is 12.1. The minimum Gasteiger partial charge on any atom is -0.481 e. The third kappa shape index (κ3) is 10.3. The largest absolute Gasteiger partial charge is 0.481 e. The monoisotopic (exact) mass is 540 g/mol. The number of nitrogens with two attached hydrogens (primary N) is 1. The summed E-state index contributed by atoms with van der Waals surface area (Å²) in [7, 11) is 0. The highest BCUT2D eigenvalue weighted by Crippen LogP contribution is 2.14. The Labute approximate surface area is 224 Å². The van der Waals surface area contributed by atoms with Gasteiger partial charge in [0.1, 0.15) is 24.5 Å². The summed E-state index contributed by atoms with van der Waals surface area (Å²) < 4.78 is 0. The van der Waals surface area contributed by atoms with Crippen LogP contribution in [0.5, 0.6) is 0 Å². The van der Waals surface area contributed by atoms with Gasteiger partial charge in [-0.15, -0.1) is 0 Å². The topological polar surface area (TPSA) is 211 Å². The predicted octanol–water partition coefficient (Wildman–Crippen LogP) is 1.25. The molecule has 0 saturated carbocycles. The van der Waals surface area contributed by atoms with Crippen molar-refractivity contribution in [1.29, 1.82) is 5.41 Å². The number of carboxylic acid groups (broad SMARTS) is 3. The number of nitrogen functional groups attached to an aromatic ring is 1. The molecule has 39 heavy (non-hydrogen) atoms. The van der Waals surface area contributed by atoms with E-state index in [1.54, 1.807) is 42.5 Å². The number of aryl methyl sites for hydroxylation is 1. The van der Waals surface area contributed by atoms with Gasteiger partial charge in [0.15, 0.2) is 0 Å². The maximum absolute atomic E-state index is 13.3. The van der Waals surface area contributed by atoms with Gasteiger partial charge in [-0.1, -0.05) is 54.6 Å². The third-order valence-electron chi connectivity index (χ3n) is 5.92. The number of carbonyl (C=O) groups excluding carboxylic acids is 2. The third-order valence-corrected chi connectivity index (χ3v) is 5.92. The molecule has 0 spiro atoms. The molecule has 0 aliphatic heterocycles. The van der Waals surface area contributed by atoms with Crippen molar-refractivity contribution in [2.75, 3.05) is 6.54 Å². The van der Waals surface area contributed by atoms with E-state index in [0.717, 1.165) is 5.56 Å². The van der Waals surface area contributed by atoms with Gasteiger partial charge >= 0.3 is 17.9 Å². The molecule has 0 fully saturated rings. The second-order valence-electron chi connectivity index (χ2n) is 8.94. The number of rotatable bonds is 16. The van der Waals surface area contributed by atoms with Crippen LogP contribution >= 0.6 is 0 Å². The quantitative estimate of drug-likeness (QED) is 0.103. The minimum absolute atomic E-state index is 0.0275. The highest BCUT2D eigenvalue weighted by molar-refractivity contribution is 5.95. The first-order valence-corrected chi connectivity index (χ1v) is 12.2. The van der Waals surface area contributed by atoms with Crippen LogP contribution in [0.3, 0.4) is 0 Å². The first-order valence-electron chi connectivity index (χ1n) is 12.2. The molecule has 0 aromatic heterocycles. The van der Waals surface area contributed by atoms with E-state index < -0.39 is 54.8 Å². The second kappa shape index (κ2) is 14.9. The molecule has 7 N–H and O–H groups in total. The van der Waals surface area contributed by atoms with Crippen molar-refractivity contribution >= 4 is 35.6 Å². The van der Waals surface area contributed by atoms with E-state index >= 15 is 0 Å². The summed E-state index contributed by atoms with van der Waals surface area (Å²) >= 11 is 0. The molecule has 0 heterocycles. The lowest BCUT2D eigenvalue weighted by Crippen LogP contribution is -2.56. The highest BCUT2D eigenvalue weighted by atomic mass is 16.4. The van der Waals surface area contributed by atoms with Gasteiger partial charge < -0.3 is 31.3 Å². The molecule has 2 aromatic rings. The molecular formula is C27H32N4O8. The van der Waals surface area contributed by atoms with E-state index in [0.29, 0.717) is 35.3 Å². The second-order valence-corrected chi connectivity index (χ2v) is 8.94. The molecule has 0 radical (unpaired) electrons. The first-order chi connectivity index (χ1) is 18.5. The van der Waals surface area contributed by atoms with Gasteiger partial charge in [0.25, 0.3) is 0 Å². The Hall–Kier alpha value is -4.74. The zero-order chi connectivity index (χ0) is 28.9. The molecule has 208 valence electrons. The molecule has 0 unspecified atom stereocenters. The SMILES string of the molecule is N=C(N)c1ccc(CCCCC(=O)N[C@@H](CC(=O)O)C(=O)N(CC(=O)O)[C@@H](Cc2ccccc2)C(=O)O)cc1. The molecule has 0 aliphatic rings. The Bertz CT molecular complexity index is 1180. The minimum atomic E-state index is -1.65. The lowest BCUT2D eigenvalue weighted by atomic mass is 10.0. The molecule has 12 nitrogen and oxygen atoms in total. The lowest BCUT2D eigenvalue weighted by Gasteiger charge is -2.31. The van der Waals surface area contributed by atoms with Crippen LogP contribution in [0.15, 0.2) is 54.6 Å². The van der Waals surface area contributed by atoms with E-state index in [4.69, 9.17) is 11.1 Å². The number of amides is 2. The number of amidine groups is 1. The van der Waals surface area contributed by atoms with Gasteiger partial charge in [-0.05, 0) is 30.4 Å². The summed E-state index contributed by atoms with van der Waals surface area (Å²) in [4.78, 5) is 61.4. The number of unbranched alkanes of at least 4 members (excludes halogenated alkanes) is 1. The van der Waals surface area contributed by atoms with Crippen LogP contribution in [0.4, 0.5) is 0 Å². The fourth-order valence-corrected chi connectivity index (χ4v) is 3.96. The predicted molar refractivity (Wildman–Crippen MR) is 140 cm³/mol. The van der Waals surface area contributed by atoms with Gasteiger partial charge in [0.2, 0.25) is 11.8 Å². The van der Waals surface area contributed by atoms with Gasteiger partial charge in [-0.25, -0.2) is 4.79 Å². The van der Waals surface area contributed by atoms with E-state index in [1.165, 1.54) is 0 Å². The Morgan fingerprint density at radius 2 is 1.51 bits per heavy atom. The van der Waals surface area contributed by atoms with Crippen LogP contribution in [-0.4, -0.2) is 74.4 Å². The van der Waals surface area contributed by atoms with Crippen molar-refractivity contribution in [3.8, 4) is 0 Å². The number of carboxylic acids is 3. The molecular weight excluding hydrogens is 508 g/mol. The molecule has 2 aromatic carbocycles. The molecule has 2 amide bonds. The number of aliphatic carboxylic acids is 3. The summed E-state index contributed by atoms with van der Waals surface area (Å²) in [5, 5.41) is 38.2. The van der Waals surface area contributed by atoms with E-state index in [-0.39, 0.29) is 18.7 Å². The van der Waals surface area contributed by atoms with Gasteiger partial charge in [0.05, 0.1) is 6.42 Å². The molecule has 2 atom stereocenters. The highest BCUT2D eigenvalue weighted by Gasteiger charge is 2.36. The average Bonchev–Trinajstić information content (AvgIpc) is 2.88. The van der Waals surface area contributed by atoms with E-state index in [9.17, 15) is 39.3 Å². The first kappa shape index (κ1) is 30.5. The number of carbonyl (C=O) groups is 5. The Morgan fingerprint density at radius 3 is 2.05 bits per heavy atom. The summed E-state index contributed by atoms with van der Waals surface area (Å²) in [6.45, 7) is -0.989. The van der Waals surface area contributed by atoms with Crippen molar-refractivity contribution in [2.45, 2.75) is 50.6 Å².